The minimum atomic E-state index is -4.70. The number of nitrogens with one attached hydrogen (secondary N) is 1. The highest BCUT2D eigenvalue weighted by Crippen LogP contribution is 2.35. The molecule has 0 fully saturated rings. The van der Waals surface area contributed by atoms with Crippen LogP contribution < -0.4 is 9.47 Å². The minimum Gasteiger partial charge on any atom is -0.497 e. The van der Waals surface area contributed by atoms with Gasteiger partial charge < -0.3 is 14.5 Å². The van der Waals surface area contributed by atoms with E-state index in [0.29, 0.717) is 5.52 Å². The number of aromatic nitrogens is 1. The Morgan fingerprint density at radius 2 is 1.61 bits per heavy atom. The number of alkyl halides is 3. The lowest BCUT2D eigenvalue weighted by Crippen LogP contribution is -2.16. The van der Waals surface area contributed by atoms with Gasteiger partial charge in [0.05, 0.1) is 7.11 Å². The number of halogens is 3. The van der Waals surface area contributed by atoms with E-state index in [0.717, 1.165) is 28.0 Å². The average molecular weight is 321 g/mol. The predicted octanol–water partition coefficient (Wildman–Crippen LogP) is 5.05. The first kappa shape index (κ1) is 15.3. The van der Waals surface area contributed by atoms with Gasteiger partial charge in [0.2, 0.25) is 0 Å². The van der Waals surface area contributed by atoms with Crippen molar-refractivity contribution in [3.8, 4) is 22.6 Å². The molecule has 3 nitrogen and oxygen atoms in total. The summed E-state index contributed by atoms with van der Waals surface area (Å²) in [5.41, 5.74) is 3.37. The zero-order chi connectivity index (χ0) is 16.6. The van der Waals surface area contributed by atoms with Crippen LogP contribution in [0.15, 0.2) is 42.5 Å². The summed E-state index contributed by atoms with van der Waals surface area (Å²) in [6, 6.07) is 11.8. The number of H-pyrrole nitrogens is 1. The molecule has 0 saturated carbocycles. The van der Waals surface area contributed by atoms with E-state index in [1.807, 2.05) is 31.2 Å². The van der Waals surface area contributed by atoms with Crippen molar-refractivity contribution in [2.24, 2.45) is 0 Å². The molecule has 0 amide bonds. The number of benzene rings is 2. The van der Waals surface area contributed by atoms with Crippen LogP contribution in [0, 0.1) is 6.92 Å². The third kappa shape index (κ3) is 3.11. The molecule has 120 valence electrons. The smallest absolute Gasteiger partial charge is 0.497 e. The number of hydrogen-bond acceptors (Lipinski definition) is 2. The normalized spacial score (nSPS) is 11.7. The van der Waals surface area contributed by atoms with Gasteiger partial charge in [-0.2, -0.15) is 0 Å². The van der Waals surface area contributed by atoms with Crippen LogP contribution in [0.2, 0.25) is 0 Å². The van der Waals surface area contributed by atoms with Crippen LogP contribution in [-0.4, -0.2) is 18.5 Å². The summed E-state index contributed by atoms with van der Waals surface area (Å²) in [5.74, 6) is 0.500. The Morgan fingerprint density at radius 3 is 2.22 bits per heavy atom. The van der Waals surface area contributed by atoms with Crippen LogP contribution in [0.25, 0.3) is 22.0 Å². The lowest BCUT2D eigenvalue weighted by atomic mass is 10.0. The Bertz CT molecular complexity index is 835. The molecule has 1 aromatic heterocycles. The van der Waals surface area contributed by atoms with Gasteiger partial charge in [0.15, 0.2) is 0 Å². The first-order valence-electron chi connectivity index (χ1n) is 6.90. The van der Waals surface area contributed by atoms with E-state index in [-0.39, 0.29) is 5.75 Å². The van der Waals surface area contributed by atoms with Crippen molar-refractivity contribution < 1.29 is 22.6 Å². The van der Waals surface area contributed by atoms with Crippen LogP contribution in [-0.2, 0) is 0 Å². The standard InChI is InChI=1S/C17H14F3NO2/c1-10-16(11-3-5-12(22-2)6-4-11)14-8-7-13(9-15(14)21-10)23-17(18,19)20/h3-9,21H,1-2H3. The van der Waals surface area contributed by atoms with E-state index in [1.165, 1.54) is 12.1 Å². The maximum atomic E-state index is 12.3. The summed E-state index contributed by atoms with van der Waals surface area (Å²) in [4.78, 5) is 3.10. The molecule has 23 heavy (non-hydrogen) atoms. The number of rotatable bonds is 3. The molecule has 1 N–H and O–H groups in total. The third-order valence-electron chi connectivity index (χ3n) is 3.57. The highest BCUT2D eigenvalue weighted by Gasteiger charge is 2.31. The molecule has 0 spiro atoms. The van der Waals surface area contributed by atoms with Crippen molar-refractivity contribution in [2.75, 3.05) is 7.11 Å². The molecule has 6 heteroatoms. The van der Waals surface area contributed by atoms with E-state index in [2.05, 4.69) is 9.72 Å². The molecule has 0 saturated heterocycles. The van der Waals surface area contributed by atoms with Gasteiger partial charge in [0, 0.05) is 28.2 Å². The molecule has 0 aliphatic carbocycles. The zero-order valence-corrected chi connectivity index (χ0v) is 12.5. The molecule has 0 atom stereocenters. The van der Waals surface area contributed by atoms with E-state index in [9.17, 15) is 13.2 Å². The second kappa shape index (κ2) is 5.53. The van der Waals surface area contributed by atoms with Crippen molar-refractivity contribution in [1.29, 1.82) is 0 Å². The minimum absolute atomic E-state index is 0.243. The van der Waals surface area contributed by atoms with E-state index in [4.69, 9.17) is 4.74 Å². The van der Waals surface area contributed by atoms with Crippen molar-refractivity contribution in [2.45, 2.75) is 13.3 Å². The summed E-state index contributed by atoms with van der Waals surface area (Å²) in [5, 5.41) is 0.835. The van der Waals surface area contributed by atoms with Crippen LogP contribution in [0.3, 0.4) is 0 Å². The number of fused-ring (bicyclic) bond motifs is 1. The van der Waals surface area contributed by atoms with Gasteiger partial charge in [-0.3, -0.25) is 0 Å². The van der Waals surface area contributed by atoms with Crippen LogP contribution >= 0.6 is 0 Å². The molecule has 0 aliphatic heterocycles. The SMILES string of the molecule is COc1ccc(-c2c(C)[nH]c3cc(OC(F)(F)F)ccc23)cc1. The van der Waals surface area contributed by atoms with E-state index >= 15 is 0 Å². The van der Waals surface area contributed by atoms with Crippen molar-refractivity contribution in [3.63, 3.8) is 0 Å². The fourth-order valence-corrected chi connectivity index (χ4v) is 2.64. The van der Waals surface area contributed by atoms with Crippen LogP contribution in [0.1, 0.15) is 5.69 Å². The number of ether oxygens (including phenoxy) is 2. The lowest BCUT2D eigenvalue weighted by molar-refractivity contribution is -0.274. The van der Waals surface area contributed by atoms with Gasteiger partial charge in [-0.1, -0.05) is 12.1 Å². The van der Waals surface area contributed by atoms with E-state index in [1.54, 1.807) is 13.2 Å². The molecular formula is C17H14F3NO2. The fraction of sp³-hybridized carbons (Fsp3) is 0.176. The quantitative estimate of drug-likeness (QED) is 0.732. The zero-order valence-electron chi connectivity index (χ0n) is 12.5. The Balaban J connectivity index is 2.05. The van der Waals surface area contributed by atoms with Gasteiger partial charge in [-0.05, 0) is 36.8 Å². The summed E-state index contributed by atoms with van der Waals surface area (Å²) >= 11 is 0. The van der Waals surface area contributed by atoms with Crippen molar-refractivity contribution in [3.05, 3.63) is 48.2 Å². The maximum Gasteiger partial charge on any atom is 0.573 e. The summed E-state index contributed by atoms with van der Waals surface area (Å²) < 4.78 is 46.0. The van der Waals surface area contributed by atoms with Gasteiger partial charge in [0.1, 0.15) is 11.5 Å². The summed E-state index contributed by atoms with van der Waals surface area (Å²) in [7, 11) is 1.59. The van der Waals surface area contributed by atoms with Gasteiger partial charge in [-0.25, -0.2) is 0 Å². The molecule has 0 aliphatic rings. The topological polar surface area (TPSA) is 34.2 Å². The van der Waals surface area contributed by atoms with E-state index < -0.39 is 6.36 Å². The molecule has 3 rings (SSSR count). The molecule has 1 heterocycles. The van der Waals surface area contributed by atoms with Crippen molar-refractivity contribution in [1.82, 2.24) is 4.98 Å². The molecule has 2 aromatic carbocycles. The van der Waals surface area contributed by atoms with Gasteiger partial charge >= 0.3 is 6.36 Å². The number of methoxy groups -OCH3 is 1. The van der Waals surface area contributed by atoms with Gasteiger partial charge in [-0.15, -0.1) is 13.2 Å². The number of hydrogen-bond donors (Lipinski definition) is 1. The Kier molecular flexibility index (Phi) is 3.67. The van der Waals surface area contributed by atoms with Crippen LogP contribution in [0.4, 0.5) is 13.2 Å². The largest absolute Gasteiger partial charge is 0.573 e. The predicted molar refractivity (Wildman–Crippen MR) is 81.7 cm³/mol. The molecule has 0 bridgehead atoms. The maximum absolute atomic E-state index is 12.3. The second-order valence-electron chi connectivity index (χ2n) is 5.11. The molecule has 3 aromatic rings. The summed E-state index contributed by atoms with van der Waals surface area (Å²) in [6.45, 7) is 1.88. The average Bonchev–Trinajstić information content (AvgIpc) is 2.81. The Morgan fingerprint density at radius 1 is 0.957 bits per heavy atom. The second-order valence-corrected chi connectivity index (χ2v) is 5.11. The molecule has 0 unspecified atom stereocenters. The monoisotopic (exact) mass is 321 g/mol. The van der Waals surface area contributed by atoms with Crippen LogP contribution in [0.5, 0.6) is 11.5 Å². The third-order valence-corrected chi connectivity index (χ3v) is 3.57. The number of aromatic amines is 1. The molecular weight excluding hydrogens is 307 g/mol. The Hall–Kier alpha value is -2.63. The highest BCUT2D eigenvalue weighted by atomic mass is 19.4. The Labute approximate surface area is 130 Å². The summed E-state index contributed by atoms with van der Waals surface area (Å²) in [6.07, 6.45) is -4.70. The fourth-order valence-electron chi connectivity index (χ4n) is 2.64. The first-order chi connectivity index (χ1) is 10.9. The highest BCUT2D eigenvalue weighted by molar-refractivity contribution is 5.98. The number of aryl methyl sites for hydroxylation is 1. The van der Waals surface area contributed by atoms with Gasteiger partial charge in [0.25, 0.3) is 0 Å². The van der Waals surface area contributed by atoms with Crippen molar-refractivity contribution >= 4 is 10.9 Å². The first-order valence-corrected chi connectivity index (χ1v) is 6.90. The lowest BCUT2D eigenvalue weighted by Gasteiger charge is -2.08. The molecule has 0 radical (unpaired) electrons.